The van der Waals surface area contributed by atoms with Crippen LogP contribution in [0.25, 0.3) is 11.2 Å². The van der Waals surface area contributed by atoms with Crippen LogP contribution in [0.2, 0.25) is 5.28 Å². The van der Waals surface area contributed by atoms with Crippen LogP contribution in [-0.4, -0.2) is 33.8 Å². The van der Waals surface area contributed by atoms with Gasteiger partial charge in [-0.3, -0.25) is 13.9 Å². The third kappa shape index (κ3) is 5.46. The van der Waals surface area contributed by atoms with Crippen molar-refractivity contribution >= 4 is 32.6 Å². The fourth-order valence-electron chi connectivity index (χ4n) is 3.59. The maximum atomic E-state index is 13.0. The minimum absolute atomic E-state index is 0.0826. The number of aromatic nitrogens is 4. The number of nitrogens with zero attached hydrogens (tertiary/aromatic N) is 3. The zero-order valence-electron chi connectivity index (χ0n) is 17.7. The molecule has 0 bridgehead atoms. The number of hydrogen-bond donors (Lipinski definition) is 1. The number of nitrogens with one attached hydrogen (secondary N) is 1. The molecule has 168 valence electrons. The molecule has 8 nitrogen and oxygen atoms in total. The molecule has 0 fully saturated rings. The van der Waals surface area contributed by atoms with E-state index >= 15 is 0 Å². The lowest BCUT2D eigenvalue weighted by molar-refractivity contribution is 0.518. The van der Waals surface area contributed by atoms with E-state index in [1.165, 1.54) is 15.4 Å². The average Bonchev–Trinajstić information content (AvgIpc) is 3.11. The van der Waals surface area contributed by atoms with E-state index in [1.54, 1.807) is 18.2 Å². The van der Waals surface area contributed by atoms with E-state index in [9.17, 15) is 18.0 Å². The Morgan fingerprint density at radius 3 is 2.48 bits per heavy atom. The predicted molar refractivity (Wildman–Crippen MR) is 122 cm³/mol. The highest BCUT2D eigenvalue weighted by Gasteiger charge is 2.16. The van der Waals surface area contributed by atoms with Gasteiger partial charge in [0.15, 0.2) is 21.0 Å². The quantitative estimate of drug-likeness (QED) is 0.365. The minimum atomic E-state index is -3.25. The number of unbranched alkanes of at least 4 members (excludes halogenated alkanes) is 3. The Morgan fingerprint density at radius 2 is 1.77 bits per heavy atom. The van der Waals surface area contributed by atoms with Gasteiger partial charge in [-0.05, 0) is 55.0 Å². The van der Waals surface area contributed by atoms with E-state index in [2.05, 4.69) is 16.9 Å². The summed E-state index contributed by atoms with van der Waals surface area (Å²) in [5.41, 5.74) is 0.635. The van der Waals surface area contributed by atoms with Crippen molar-refractivity contribution in [2.75, 3.05) is 6.26 Å². The third-order valence-electron chi connectivity index (χ3n) is 5.24. The van der Waals surface area contributed by atoms with Gasteiger partial charge in [-0.15, -0.1) is 0 Å². The van der Waals surface area contributed by atoms with Crippen molar-refractivity contribution < 1.29 is 8.42 Å². The fraction of sp³-hybridized carbons (Fsp3) is 0.476. The van der Waals surface area contributed by atoms with Crippen LogP contribution < -0.4 is 11.2 Å². The number of sulfone groups is 1. The van der Waals surface area contributed by atoms with Crippen LogP contribution >= 0.6 is 11.6 Å². The van der Waals surface area contributed by atoms with Crippen molar-refractivity contribution in [2.24, 2.45) is 0 Å². The third-order valence-corrected chi connectivity index (χ3v) is 6.53. The molecule has 1 N–H and O–H groups in total. The zero-order chi connectivity index (χ0) is 22.6. The molecule has 0 aliphatic heterocycles. The molecule has 0 saturated heterocycles. The highest BCUT2D eigenvalue weighted by Crippen LogP contribution is 2.14. The standard InChI is InChI=1S/C21H27ClN4O4S/c1-3-4-6-12-25-18-17(23-20(22)24-18)19(27)26(21(25)28)13-7-5-9-15-10-8-11-16(14-15)31(2,29)30/h8,10-11,14H,3-7,9,12-13H2,1-2H3,(H,23,24). The molecule has 0 unspecified atom stereocenters. The zero-order valence-corrected chi connectivity index (χ0v) is 19.3. The van der Waals surface area contributed by atoms with Crippen molar-refractivity contribution in [3.63, 3.8) is 0 Å². The van der Waals surface area contributed by atoms with Gasteiger partial charge in [0.25, 0.3) is 5.56 Å². The van der Waals surface area contributed by atoms with Gasteiger partial charge >= 0.3 is 5.69 Å². The Labute approximate surface area is 185 Å². The van der Waals surface area contributed by atoms with Crippen LogP contribution in [0.15, 0.2) is 38.8 Å². The Morgan fingerprint density at radius 1 is 1.06 bits per heavy atom. The largest absolute Gasteiger partial charge is 0.332 e. The van der Waals surface area contributed by atoms with Crippen LogP contribution in [0.3, 0.4) is 0 Å². The van der Waals surface area contributed by atoms with Crippen LogP contribution in [0.5, 0.6) is 0 Å². The summed E-state index contributed by atoms with van der Waals surface area (Å²) in [7, 11) is -3.25. The molecule has 3 aromatic rings. The summed E-state index contributed by atoms with van der Waals surface area (Å²) in [5.74, 6) is 0. The maximum absolute atomic E-state index is 13.0. The second-order valence-corrected chi connectivity index (χ2v) is 10.1. The van der Waals surface area contributed by atoms with E-state index in [0.29, 0.717) is 31.5 Å². The smallest absolute Gasteiger partial charge is 0.323 e. The van der Waals surface area contributed by atoms with E-state index in [0.717, 1.165) is 24.8 Å². The number of H-pyrrole nitrogens is 1. The lowest BCUT2D eigenvalue weighted by atomic mass is 10.1. The molecule has 10 heteroatoms. The summed E-state index contributed by atoms with van der Waals surface area (Å²) in [6.45, 7) is 2.82. The molecular weight excluding hydrogens is 440 g/mol. The number of imidazole rings is 1. The van der Waals surface area contributed by atoms with Gasteiger partial charge in [0.2, 0.25) is 5.28 Å². The highest BCUT2D eigenvalue weighted by molar-refractivity contribution is 7.90. The van der Waals surface area contributed by atoms with Gasteiger partial charge in [0, 0.05) is 19.3 Å². The molecule has 0 spiro atoms. The lowest BCUT2D eigenvalue weighted by Crippen LogP contribution is -2.40. The fourth-order valence-corrected chi connectivity index (χ4v) is 4.45. The number of halogens is 1. The number of aryl methyl sites for hydroxylation is 2. The normalized spacial score (nSPS) is 12.0. The van der Waals surface area contributed by atoms with E-state index in [1.807, 2.05) is 6.07 Å². The second kappa shape index (κ2) is 9.82. The number of hydrogen-bond acceptors (Lipinski definition) is 5. The van der Waals surface area contributed by atoms with Crippen LogP contribution in [0, 0.1) is 0 Å². The molecule has 0 amide bonds. The average molecular weight is 467 g/mol. The number of fused-ring (bicyclic) bond motifs is 1. The van der Waals surface area contributed by atoms with Crippen molar-refractivity contribution in [1.29, 1.82) is 0 Å². The Kier molecular flexibility index (Phi) is 7.38. The molecule has 2 aromatic heterocycles. The lowest BCUT2D eigenvalue weighted by Gasteiger charge is -2.11. The molecular formula is C21H27ClN4O4S. The predicted octanol–water partition coefficient (Wildman–Crippen LogP) is 3.16. The topological polar surface area (TPSA) is 107 Å². The first-order valence-electron chi connectivity index (χ1n) is 10.4. The van der Waals surface area contributed by atoms with Gasteiger partial charge in [0.1, 0.15) is 0 Å². The van der Waals surface area contributed by atoms with Gasteiger partial charge < -0.3 is 4.98 Å². The summed E-state index contributed by atoms with van der Waals surface area (Å²) in [4.78, 5) is 33.0. The number of aromatic amines is 1. The van der Waals surface area contributed by atoms with Crippen molar-refractivity contribution in [3.05, 3.63) is 56.0 Å². The first-order chi connectivity index (χ1) is 14.7. The minimum Gasteiger partial charge on any atom is -0.323 e. The van der Waals surface area contributed by atoms with Gasteiger partial charge in [0.05, 0.1) is 4.90 Å². The molecule has 0 aliphatic rings. The Balaban J connectivity index is 1.77. The van der Waals surface area contributed by atoms with Crippen molar-refractivity contribution in [3.8, 4) is 0 Å². The highest BCUT2D eigenvalue weighted by atomic mass is 35.5. The molecule has 0 saturated carbocycles. The van der Waals surface area contributed by atoms with Crippen LogP contribution in [0.1, 0.15) is 44.6 Å². The summed E-state index contributed by atoms with van der Waals surface area (Å²) in [5, 5.41) is 0.0826. The van der Waals surface area contributed by atoms with E-state index < -0.39 is 15.4 Å². The van der Waals surface area contributed by atoms with Gasteiger partial charge in [-0.2, -0.15) is 4.98 Å². The van der Waals surface area contributed by atoms with E-state index in [-0.39, 0.29) is 27.9 Å². The number of benzene rings is 1. The molecule has 1 aromatic carbocycles. The molecule has 2 heterocycles. The van der Waals surface area contributed by atoms with Crippen molar-refractivity contribution in [2.45, 2.75) is 63.4 Å². The van der Waals surface area contributed by atoms with Crippen LogP contribution in [-0.2, 0) is 29.3 Å². The molecule has 0 radical (unpaired) electrons. The van der Waals surface area contributed by atoms with Crippen LogP contribution in [0.4, 0.5) is 0 Å². The molecule has 31 heavy (non-hydrogen) atoms. The SMILES string of the molecule is CCCCCn1c(=O)n(CCCCc2cccc(S(C)(=O)=O)c2)c(=O)c2[nH]c(Cl)nc21. The molecule has 3 rings (SSSR count). The summed E-state index contributed by atoms with van der Waals surface area (Å²) in [6, 6.07) is 6.84. The van der Waals surface area contributed by atoms with E-state index in [4.69, 9.17) is 11.6 Å². The second-order valence-electron chi connectivity index (χ2n) is 7.70. The maximum Gasteiger partial charge on any atom is 0.332 e. The Bertz CT molecular complexity index is 1290. The Hall–Kier alpha value is -2.39. The summed E-state index contributed by atoms with van der Waals surface area (Å²) in [6.07, 6.45) is 5.93. The molecule has 0 atom stereocenters. The van der Waals surface area contributed by atoms with Crippen molar-refractivity contribution in [1.82, 2.24) is 19.1 Å². The first kappa shape index (κ1) is 23.3. The molecule has 0 aliphatic carbocycles. The summed E-state index contributed by atoms with van der Waals surface area (Å²) >= 11 is 5.96. The van der Waals surface area contributed by atoms with Gasteiger partial charge in [-0.25, -0.2) is 13.2 Å². The summed E-state index contributed by atoms with van der Waals surface area (Å²) < 4.78 is 26.2. The van der Waals surface area contributed by atoms with Gasteiger partial charge in [-0.1, -0.05) is 31.9 Å². The monoisotopic (exact) mass is 466 g/mol. The number of rotatable bonds is 10. The first-order valence-corrected chi connectivity index (χ1v) is 12.7.